The highest BCUT2D eigenvalue weighted by Crippen LogP contribution is 2.28. The summed E-state index contributed by atoms with van der Waals surface area (Å²) in [5.41, 5.74) is 15.2. The predicted octanol–water partition coefficient (Wildman–Crippen LogP) is 1.68. The number of pyridine rings is 1. The molecule has 0 amide bonds. The minimum atomic E-state index is 0.0261. The van der Waals surface area contributed by atoms with Crippen LogP contribution >= 0.6 is 0 Å². The Morgan fingerprint density at radius 2 is 2.06 bits per heavy atom. The van der Waals surface area contributed by atoms with Crippen LogP contribution in [0.25, 0.3) is 0 Å². The highest BCUT2D eigenvalue weighted by molar-refractivity contribution is 5.52. The van der Waals surface area contributed by atoms with E-state index in [-0.39, 0.29) is 6.04 Å². The van der Waals surface area contributed by atoms with Crippen LogP contribution in [0.3, 0.4) is 0 Å². The molecule has 92 valence electrons. The number of nitrogens with two attached hydrogens (primary N) is 2. The Kier molecular flexibility index (Phi) is 2.64. The van der Waals surface area contributed by atoms with E-state index in [0.717, 1.165) is 24.6 Å². The quantitative estimate of drug-likeness (QED) is 0.796. The van der Waals surface area contributed by atoms with Crippen LogP contribution in [-0.4, -0.2) is 11.5 Å². The van der Waals surface area contributed by atoms with Gasteiger partial charge in [0.25, 0.3) is 0 Å². The second kappa shape index (κ2) is 4.31. The second-order valence-electron chi connectivity index (χ2n) is 4.63. The first-order valence-corrected chi connectivity index (χ1v) is 6.04. The van der Waals surface area contributed by atoms with E-state index in [9.17, 15) is 0 Å². The van der Waals surface area contributed by atoms with Crippen molar-refractivity contribution >= 4 is 11.5 Å². The van der Waals surface area contributed by atoms with Crippen molar-refractivity contribution in [2.75, 3.05) is 17.2 Å². The summed E-state index contributed by atoms with van der Waals surface area (Å²) in [6.07, 6.45) is 1.73. The summed E-state index contributed by atoms with van der Waals surface area (Å²) in [6.45, 7) is 1.60. The van der Waals surface area contributed by atoms with Crippen LogP contribution in [0.15, 0.2) is 42.6 Å². The summed E-state index contributed by atoms with van der Waals surface area (Å²) in [6, 6.07) is 12.0. The number of benzene rings is 1. The number of fused-ring (bicyclic) bond motifs is 1. The first kappa shape index (κ1) is 11.0. The molecule has 1 atom stereocenters. The Morgan fingerprint density at radius 1 is 1.22 bits per heavy atom. The van der Waals surface area contributed by atoms with Gasteiger partial charge in [-0.15, -0.1) is 0 Å². The summed E-state index contributed by atoms with van der Waals surface area (Å²) >= 11 is 0. The van der Waals surface area contributed by atoms with Crippen molar-refractivity contribution in [3.05, 3.63) is 53.7 Å². The first-order valence-electron chi connectivity index (χ1n) is 6.04. The summed E-state index contributed by atoms with van der Waals surface area (Å²) < 4.78 is 0. The van der Waals surface area contributed by atoms with E-state index in [2.05, 4.69) is 22.0 Å². The molecule has 4 N–H and O–H groups in total. The normalized spacial score (nSPS) is 18.5. The molecule has 1 aromatic heterocycles. The number of nitrogens with zero attached hydrogens (tertiary/aromatic N) is 2. The molecule has 3 rings (SSSR count). The van der Waals surface area contributed by atoms with E-state index in [4.69, 9.17) is 11.5 Å². The van der Waals surface area contributed by atoms with E-state index in [1.807, 2.05) is 18.2 Å². The van der Waals surface area contributed by atoms with Crippen molar-refractivity contribution in [3.8, 4) is 0 Å². The predicted molar refractivity (Wildman–Crippen MR) is 73.1 cm³/mol. The number of anilines is 2. The third-order valence-electron chi connectivity index (χ3n) is 3.33. The summed E-state index contributed by atoms with van der Waals surface area (Å²) in [7, 11) is 0. The van der Waals surface area contributed by atoms with E-state index in [1.54, 1.807) is 12.3 Å². The van der Waals surface area contributed by atoms with Gasteiger partial charge < -0.3 is 16.4 Å². The largest absolute Gasteiger partial charge is 0.399 e. The molecule has 0 saturated heterocycles. The third-order valence-corrected chi connectivity index (χ3v) is 3.33. The lowest BCUT2D eigenvalue weighted by molar-refractivity contribution is 0.614. The topological polar surface area (TPSA) is 68.2 Å². The number of nitrogen functional groups attached to an aromatic ring is 1. The van der Waals surface area contributed by atoms with Crippen molar-refractivity contribution < 1.29 is 0 Å². The van der Waals surface area contributed by atoms with Crippen LogP contribution in [0.1, 0.15) is 17.2 Å². The molecule has 2 heterocycles. The lowest BCUT2D eigenvalue weighted by Gasteiger charge is -2.33. The molecule has 4 heteroatoms. The molecule has 1 aliphatic rings. The van der Waals surface area contributed by atoms with Gasteiger partial charge in [0.05, 0.1) is 0 Å². The molecule has 0 fully saturated rings. The zero-order valence-corrected chi connectivity index (χ0v) is 10.1. The average molecular weight is 240 g/mol. The Labute approximate surface area is 106 Å². The minimum absolute atomic E-state index is 0.0261. The summed E-state index contributed by atoms with van der Waals surface area (Å²) in [5, 5.41) is 0. The third kappa shape index (κ3) is 1.91. The van der Waals surface area contributed by atoms with Crippen molar-refractivity contribution in [3.63, 3.8) is 0 Å². The van der Waals surface area contributed by atoms with Gasteiger partial charge >= 0.3 is 0 Å². The average Bonchev–Trinajstić information content (AvgIpc) is 2.39. The maximum Gasteiger partial charge on any atom is 0.130 e. The summed E-state index contributed by atoms with van der Waals surface area (Å²) in [4.78, 5) is 6.53. The van der Waals surface area contributed by atoms with Crippen LogP contribution in [0.5, 0.6) is 0 Å². The van der Waals surface area contributed by atoms with Crippen molar-refractivity contribution in [2.45, 2.75) is 12.6 Å². The van der Waals surface area contributed by atoms with Gasteiger partial charge in [-0.1, -0.05) is 24.3 Å². The van der Waals surface area contributed by atoms with Crippen LogP contribution in [0, 0.1) is 0 Å². The highest BCUT2D eigenvalue weighted by atomic mass is 15.2. The number of rotatable bonds is 1. The molecule has 1 aliphatic heterocycles. The van der Waals surface area contributed by atoms with Crippen LogP contribution in [-0.2, 0) is 6.54 Å². The van der Waals surface area contributed by atoms with E-state index < -0.39 is 0 Å². The van der Waals surface area contributed by atoms with E-state index in [1.165, 1.54) is 11.1 Å². The van der Waals surface area contributed by atoms with Crippen molar-refractivity contribution in [1.29, 1.82) is 0 Å². The molecule has 2 aromatic rings. The smallest absolute Gasteiger partial charge is 0.130 e. The van der Waals surface area contributed by atoms with Gasteiger partial charge in [-0.05, 0) is 17.2 Å². The van der Waals surface area contributed by atoms with Gasteiger partial charge in [-0.2, -0.15) is 0 Å². The monoisotopic (exact) mass is 240 g/mol. The maximum atomic E-state index is 6.21. The molecule has 4 nitrogen and oxygen atoms in total. The van der Waals surface area contributed by atoms with Gasteiger partial charge in [-0.3, -0.25) is 0 Å². The van der Waals surface area contributed by atoms with Crippen LogP contribution < -0.4 is 16.4 Å². The van der Waals surface area contributed by atoms with Gasteiger partial charge in [0.15, 0.2) is 0 Å². The minimum Gasteiger partial charge on any atom is -0.399 e. The number of hydrogen-bond acceptors (Lipinski definition) is 4. The lowest BCUT2D eigenvalue weighted by atomic mass is 9.96. The summed E-state index contributed by atoms with van der Waals surface area (Å²) in [5.74, 6) is 0.889. The van der Waals surface area contributed by atoms with E-state index in [0.29, 0.717) is 0 Å². The van der Waals surface area contributed by atoms with E-state index >= 15 is 0 Å². The molecule has 1 unspecified atom stereocenters. The molecule has 0 saturated carbocycles. The fraction of sp³-hybridized carbons (Fsp3) is 0.214. The van der Waals surface area contributed by atoms with Gasteiger partial charge in [0, 0.05) is 37.1 Å². The molecule has 0 bridgehead atoms. The molecule has 0 spiro atoms. The molecule has 1 aromatic carbocycles. The molecule has 0 aliphatic carbocycles. The molecule has 18 heavy (non-hydrogen) atoms. The molecular formula is C14H16N4. The Morgan fingerprint density at radius 3 is 2.89 bits per heavy atom. The van der Waals surface area contributed by atoms with Crippen molar-refractivity contribution in [1.82, 2.24) is 4.98 Å². The lowest BCUT2D eigenvalue weighted by Crippen LogP contribution is -2.37. The number of aromatic nitrogens is 1. The van der Waals surface area contributed by atoms with Gasteiger partial charge in [0.2, 0.25) is 0 Å². The SMILES string of the molecule is Nc1ccnc(N2Cc3ccccc3C(N)C2)c1. The van der Waals surface area contributed by atoms with Crippen LogP contribution in [0.4, 0.5) is 11.5 Å². The second-order valence-corrected chi connectivity index (χ2v) is 4.63. The maximum absolute atomic E-state index is 6.21. The Bertz CT molecular complexity index is 567. The zero-order valence-electron chi connectivity index (χ0n) is 10.1. The Balaban J connectivity index is 1.94. The van der Waals surface area contributed by atoms with Crippen molar-refractivity contribution in [2.24, 2.45) is 5.73 Å². The number of hydrogen-bond donors (Lipinski definition) is 2. The molecular weight excluding hydrogens is 224 g/mol. The fourth-order valence-electron chi connectivity index (χ4n) is 2.43. The van der Waals surface area contributed by atoms with Crippen LogP contribution in [0.2, 0.25) is 0 Å². The fourth-order valence-corrected chi connectivity index (χ4v) is 2.43. The van der Waals surface area contributed by atoms with Gasteiger partial charge in [-0.25, -0.2) is 4.98 Å². The Hall–Kier alpha value is -2.07. The highest BCUT2D eigenvalue weighted by Gasteiger charge is 2.22. The zero-order chi connectivity index (χ0) is 12.5. The first-order chi connectivity index (χ1) is 8.74. The van der Waals surface area contributed by atoms with Gasteiger partial charge in [0.1, 0.15) is 5.82 Å². The standard InChI is InChI=1S/C14H16N4/c15-11-5-6-17-14(7-11)18-8-10-3-1-2-4-12(10)13(16)9-18/h1-7,13H,8-9,16H2,(H2,15,17). The molecule has 0 radical (unpaired) electrons.